The molecule has 1 aromatic carbocycles. The van der Waals surface area contributed by atoms with Crippen LogP contribution in [0, 0.1) is 0 Å². The topological polar surface area (TPSA) is 46.1 Å². The number of aromatic nitrogens is 2. The first-order valence-electron chi connectivity index (χ1n) is 8.09. The second-order valence-corrected chi connectivity index (χ2v) is 9.02. The molecule has 0 N–H and O–H groups in total. The molecule has 4 aromatic rings. The molecule has 8 heteroatoms. The standard InChI is InChI=1S/C19H13Cl2N3OS2/c20-14-4-1-5-15-18(14)23-19(27-15)24(11-12-3-2-8-22-10-12)17(25)9-13-6-7-16(21)26-13/h1-8,10H,9,11H2. The maximum absolute atomic E-state index is 13.1. The number of halogens is 2. The number of carbonyl (C=O) groups excluding carboxylic acids is 1. The summed E-state index contributed by atoms with van der Waals surface area (Å²) in [7, 11) is 0. The smallest absolute Gasteiger partial charge is 0.234 e. The molecule has 0 aliphatic heterocycles. The molecule has 0 aliphatic rings. The van der Waals surface area contributed by atoms with Gasteiger partial charge in [0.05, 0.1) is 27.0 Å². The van der Waals surface area contributed by atoms with Crippen molar-refractivity contribution < 1.29 is 4.79 Å². The average Bonchev–Trinajstić information content (AvgIpc) is 3.27. The number of fused-ring (bicyclic) bond motifs is 1. The number of thiazole rings is 1. The molecule has 3 aromatic heterocycles. The van der Waals surface area contributed by atoms with Crippen molar-refractivity contribution in [2.24, 2.45) is 0 Å². The molecule has 136 valence electrons. The van der Waals surface area contributed by atoms with Crippen LogP contribution >= 0.6 is 45.9 Å². The quantitative estimate of drug-likeness (QED) is 0.397. The van der Waals surface area contributed by atoms with E-state index in [0.29, 0.717) is 26.6 Å². The summed E-state index contributed by atoms with van der Waals surface area (Å²) in [6.45, 7) is 0.392. The molecule has 0 fully saturated rings. The van der Waals surface area contributed by atoms with E-state index in [9.17, 15) is 4.79 Å². The van der Waals surface area contributed by atoms with Gasteiger partial charge in [0.2, 0.25) is 5.91 Å². The van der Waals surface area contributed by atoms with Gasteiger partial charge in [-0.25, -0.2) is 4.98 Å². The fourth-order valence-electron chi connectivity index (χ4n) is 2.65. The first kappa shape index (κ1) is 18.4. The second-order valence-electron chi connectivity index (χ2n) is 5.81. The summed E-state index contributed by atoms with van der Waals surface area (Å²) in [5.74, 6) is -0.0486. The van der Waals surface area contributed by atoms with E-state index in [0.717, 1.165) is 15.1 Å². The molecule has 0 bridgehead atoms. The Morgan fingerprint density at radius 2 is 1.96 bits per heavy atom. The lowest BCUT2D eigenvalue weighted by Gasteiger charge is -2.19. The van der Waals surface area contributed by atoms with E-state index in [1.807, 2.05) is 30.3 Å². The molecule has 4 nitrogen and oxygen atoms in total. The zero-order valence-electron chi connectivity index (χ0n) is 13.9. The minimum Gasteiger partial charge on any atom is -0.283 e. The van der Waals surface area contributed by atoms with Crippen molar-refractivity contribution in [3.8, 4) is 0 Å². The van der Waals surface area contributed by atoms with Gasteiger partial charge in [-0.05, 0) is 35.9 Å². The monoisotopic (exact) mass is 433 g/mol. The van der Waals surface area contributed by atoms with Crippen LogP contribution in [0.4, 0.5) is 5.13 Å². The zero-order valence-corrected chi connectivity index (χ0v) is 17.1. The Morgan fingerprint density at radius 1 is 1.07 bits per heavy atom. The van der Waals surface area contributed by atoms with Gasteiger partial charge < -0.3 is 0 Å². The number of thiophene rings is 1. The van der Waals surface area contributed by atoms with E-state index in [-0.39, 0.29) is 12.3 Å². The van der Waals surface area contributed by atoms with Crippen molar-refractivity contribution in [1.82, 2.24) is 9.97 Å². The first-order chi connectivity index (χ1) is 13.1. The minimum absolute atomic E-state index is 0.0486. The number of benzene rings is 1. The predicted molar refractivity (Wildman–Crippen MR) is 113 cm³/mol. The molecule has 0 radical (unpaired) electrons. The summed E-state index contributed by atoms with van der Waals surface area (Å²) in [5, 5.41) is 1.20. The Balaban J connectivity index is 1.70. The van der Waals surface area contributed by atoms with Crippen molar-refractivity contribution in [2.75, 3.05) is 4.90 Å². The number of amides is 1. The lowest BCUT2D eigenvalue weighted by molar-refractivity contribution is -0.118. The minimum atomic E-state index is -0.0486. The highest BCUT2D eigenvalue weighted by Gasteiger charge is 2.22. The van der Waals surface area contributed by atoms with Gasteiger partial charge in [0.15, 0.2) is 5.13 Å². The van der Waals surface area contributed by atoms with Gasteiger partial charge in [0.25, 0.3) is 0 Å². The normalized spacial score (nSPS) is 11.0. The lowest BCUT2D eigenvalue weighted by atomic mass is 10.2. The van der Waals surface area contributed by atoms with E-state index in [1.165, 1.54) is 22.7 Å². The summed E-state index contributed by atoms with van der Waals surface area (Å²) in [5.41, 5.74) is 1.64. The molecule has 4 rings (SSSR count). The predicted octanol–water partition coefficient (Wildman–Crippen LogP) is 5.84. The number of anilines is 1. The molecule has 27 heavy (non-hydrogen) atoms. The molecule has 0 spiro atoms. The number of para-hydroxylation sites is 1. The Labute approximate surface area is 174 Å². The zero-order chi connectivity index (χ0) is 18.8. The molecule has 0 atom stereocenters. The third-order valence-electron chi connectivity index (χ3n) is 3.91. The number of hydrogen-bond donors (Lipinski definition) is 0. The van der Waals surface area contributed by atoms with Crippen molar-refractivity contribution in [1.29, 1.82) is 0 Å². The number of carbonyl (C=O) groups is 1. The summed E-state index contributed by atoms with van der Waals surface area (Å²) in [6, 6.07) is 13.1. The van der Waals surface area contributed by atoms with Crippen LogP contribution in [0.2, 0.25) is 9.36 Å². The highest BCUT2D eigenvalue weighted by atomic mass is 35.5. The van der Waals surface area contributed by atoms with E-state index in [1.54, 1.807) is 29.4 Å². The summed E-state index contributed by atoms with van der Waals surface area (Å²) >= 11 is 15.1. The summed E-state index contributed by atoms with van der Waals surface area (Å²) in [4.78, 5) is 24.5. The van der Waals surface area contributed by atoms with Gasteiger partial charge in [-0.1, -0.05) is 46.7 Å². The maximum atomic E-state index is 13.1. The van der Waals surface area contributed by atoms with Gasteiger partial charge >= 0.3 is 0 Å². The Kier molecular flexibility index (Phi) is 5.41. The second kappa shape index (κ2) is 7.94. The van der Waals surface area contributed by atoms with Crippen molar-refractivity contribution in [2.45, 2.75) is 13.0 Å². The summed E-state index contributed by atoms with van der Waals surface area (Å²) in [6.07, 6.45) is 3.73. The Hall–Kier alpha value is -1.99. The fourth-order valence-corrected chi connectivity index (χ4v) is 5.01. The fraction of sp³-hybridized carbons (Fsp3) is 0.105. The number of pyridine rings is 1. The van der Waals surface area contributed by atoms with Crippen molar-refractivity contribution >= 4 is 67.1 Å². The first-order valence-corrected chi connectivity index (χ1v) is 10.5. The largest absolute Gasteiger partial charge is 0.283 e. The molecular weight excluding hydrogens is 421 g/mol. The van der Waals surface area contributed by atoms with Crippen LogP contribution in [0.5, 0.6) is 0 Å². The highest BCUT2D eigenvalue weighted by molar-refractivity contribution is 7.22. The molecule has 0 saturated carbocycles. The third kappa shape index (κ3) is 4.14. The van der Waals surface area contributed by atoms with Crippen LogP contribution in [-0.4, -0.2) is 15.9 Å². The summed E-state index contributed by atoms with van der Waals surface area (Å²) < 4.78 is 1.61. The van der Waals surface area contributed by atoms with Gasteiger partial charge in [-0.3, -0.25) is 14.7 Å². The lowest BCUT2D eigenvalue weighted by Crippen LogP contribution is -2.31. The van der Waals surface area contributed by atoms with Crippen molar-refractivity contribution in [3.63, 3.8) is 0 Å². The van der Waals surface area contributed by atoms with Gasteiger partial charge in [0.1, 0.15) is 5.52 Å². The highest BCUT2D eigenvalue weighted by Crippen LogP contribution is 2.34. The Morgan fingerprint density at radius 3 is 2.67 bits per heavy atom. The molecule has 0 aliphatic carbocycles. The molecule has 3 heterocycles. The van der Waals surface area contributed by atoms with Crippen molar-refractivity contribution in [3.05, 3.63) is 74.7 Å². The van der Waals surface area contributed by atoms with Crippen LogP contribution < -0.4 is 4.90 Å². The number of nitrogens with zero attached hydrogens (tertiary/aromatic N) is 3. The average molecular weight is 434 g/mol. The van der Waals surface area contributed by atoms with Crippen LogP contribution in [0.25, 0.3) is 10.2 Å². The molecular formula is C19H13Cl2N3OS2. The van der Waals surface area contributed by atoms with Crippen LogP contribution in [-0.2, 0) is 17.8 Å². The molecule has 0 unspecified atom stereocenters. The molecule has 0 saturated heterocycles. The van der Waals surface area contributed by atoms with Gasteiger partial charge in [-0.2, -0.15) is 0 Å². The maximum Gasteiger partial charge on any atom is 0.234 e. The molecule has 1 amide bonds. The number of rotatable bonds is 5. The SMILES string of the molecule is O=C(Cc1ccc(Cl)s1)N(Cc1cccnc1)c1nc2c(Cl)cccc2s1. The number of hydrogen-bond acceptors (Lipinski definition) is 5. The van der Waals surface area contributed by atoms with Crippen LogP contribution in [0.1, 0.15) is 10.4 Å². The van der Waals surface area contributed by atoms with E-state index < -0.39 is 0 Å². The van der Waals surface area contributed by atoms with E-state index >= 15 is 0 Å². The van der Waals surface area contributed by atoms with Crippen LogP contribution in [0.3, 0.4) is 0 Å². The third-order valence-corrected chi connectivity index (χ3v) is 6.49. The Bertz CT molecular complexity index is 1090. The van der Waals surface area contributed by atoms with E-state index in [4.69, 9.17) is 23.2 Å². The van der Waals surface area contributed by atoms with Crippen LogP contribution in [0.15, 0.2) is 54.9 Å². The van der Waals surface area contributed by atoms with E-state index in [2.05, 4.69) is 9.97 Å². The van der Waals surface area contributed by atoms with Gasteiger partial charge in [0, 0.05) is 17.3 Å². The van der Waals surface area contributed by atoms with Gasteiger partial charge in [-0.15, -0.1) is 11.3 Å².